The van der Waals surface area contributed by atoms with Gasteiger partial charge in [0.2, 0.25) is 5.95 Å². The minimum Gasteiger partial charge on any atom is -0.495 e. The highest BCUT2D eigenvalue weighted by Gasteiger charge is 2.12. The second-order valence-electron chi connectivity index (χ2n) is 4.78. The summed E-state index contributed by atoms with van der Waals surface area (Å²) < 4.78 is 10.5. The average molecular weight is 324 g/mol. The van der Waals surface area contributed by atoms with Gasteiger partial charge in [0.05, 0.1) is 31.1 Å². The van der Waals surface area contributed by atoms with Gasteiger partial charge in [-0.15, -0.1) is 5.10 Å². The lowest BCUT2D eigenvalue weighted by atomic mass is 10.2. The van der Waals surface area contributed by atoms with Gasteiger partial charge < -0.3 is 20.1 Å². The maximum absolute atomic E-state index is 6.08. The number of nitrogens with zero attached hydrogens (tertiary/aromatic N) is 3. The predicted molar refractivity (Wildman–Crippen MR) is 86.4 cm³/mol. The van der Waals surface area contributed by atoms with Crippen LogP contribution in [0.5, 0.6) is 11.5 Å². The number of hydrogen-bond donors (Lipinski definition) is 2. The maximum Gasteiger partial charge on any atom is 0.249 e. The van der Waals surface area contributed by atoms with Crippen LogP contribution in [0.15, 0.2) is 18.3 Å². The van der Waals surface area contributed by atoms with Crippen LogP contribution in [0.25, 0.3) is 0 Å². The van der Waals surface area contributed by atoms with Crippen molar-refractivity contribution in [3.63, 3.8) is 0 Å². The van der Waals surface area contributed by atoms with Crippen LogP contribution < -0.4 is 20.1 Å². The van der Waals surface area contributed by atoms with Crippen molar-refractivity contribution in [2.75, 3.05) is 24.9 Å². The van der Waals surface area contributed by atoms with Crippen molar-refractivity contribution in [3.05, 3.63) is 23.4 Å². The van der Waals surface area contributed by atoms with Crippen molar-refractivity contribution in [1.82, 2.24) is 15.2 Å². The van der Waals surface area contributed by atoms with E-state index in [4.69, 9.17) is 21.1 Å². The molecule has 0 fully saturated rings. The van der Waals surface area contributed by atoms with Crippen LogP contribution in [-0.4, -0.2) is 35.4 Å². The van der Waals surface area contributed by atoms with E-state index in [1.54, 1.807) is 32.5 Å². The molecule has 2 rings (SSSR count). The number of anilines is 3. The molecule has 0 atom stereocenters. The summed E-state index contributed by atoms with van der Waals surface area (Å²) in [6.45, 7) is 4.03. The summed E-state index contributed by atoms with van der Waals surface area (Å²) in [5, 5.41) is 14.5. The minimum absolute atomic E-state index is 0.245. The molecule has 2 aromatic rings. The van der Waals surface area contributed by atoms with Gasteiger partial charge in [-0.25, -0.2) is 0 Å². The lowest BCUT2D eigenvalue weighted by molar-refractivity contribution is 0.405. The van der Waals surface area contributed by atoms with Gasteiger partial charge >= 0.3 is 0 Å². The maximum atomic E-state index is 6.08. The van der Waals surface area contributed by atoms with Crippen LogP contribution in [0.4, 0.5) is 17.5 Å². The Kier molecular flexibility index (Phi) is 5.21. The van der Waals surface area contributed by atoms with Crippen LogP contribution in [-0.2, 0) is 0 Å². The third-order valence-electron chi connectivity index (χ3n) is 2.72. The molecule has 118 valence electrons. The molecule has 0 bridgehead atoms. The topological polar surface area (TPSA) is 81.2 Å². The van der Waals surface area contributed by atoms with Crippen LogP contribution in [0.3, 0.4) is 0 Å². The van der Waals surface area contributed by atoms with Crippen LogP contribution in [0, 0.1) is 0 Å². The van der Waals surface area contributed by atoms with E-state index in [1.165, 1.54) is 0 Å². The third kappa shape index (κ3) is 3.88. The van der Waals surface area contributed by atoms with E-state index in [-0.39, 0.29) is 6.04 Å². The quantitative estimate of drug-likeness (QED) is 0.845. The highest BCUT2D eigenvalue weighted by molar-refractivity contribution is 6.32. The average Bonchev–Trinajstić information content (AvgIpc) is 2.48. The zero-order chi connectivity index (χ0) is 16.1. The zero-order valence-corrected chi connectivity index (χ0v) is 13.6. The smallest absolute Gasteiger partial charge is 0.249 e. The van der Waals surface area contributed by atoms with Gasteiger partial charge in [-0.05, 0) is 13.8 Å². The standard InChI is InChI=1S/C14H18ClN5O2/c1-8(2)17-13-7-16-20-14(19-13)18-10-6-11(21-3)9(15)5-12(10)22-4/h5-8H,1-4H3,(H2,17,18,19,20). The van der Waals surface area contributed by atoms with Crippen molar-refractivity contribution >= 4 is 29.1 Å². The lowest BCUT2D eigenvalue weighted by Crippen LogP contribution is -2.12. The second-order valence-corrected chi connectivity index (χ2v) is 5.18. The summed E-state index contributed by atoms with van der Waals surface area (Å²) in [5.74, 6) is 2.05. The molecule has 1 aromatic carbocycles. The molecule has 22 heavy (non-hydrogen) atoms. The monoisotopic (exact) mass is 323 g/mol. The van der Waals surface area contributed by atoms with Crippen LogP contribution >= 0.6 is 11.6 Å². The Morgan fingerprint density at radius 1 is 1.14 bits per heavy atom. The number of hydrogen-bond acceptors (Lipinski definition) is 7. The second kappa shape index (κ2) is 7.13. The van der Waals surface area contributed by atoms with Gasteiger partial charge in [-0.1, -0.05) is 11.6 Å². The third-order valence-corrected chi connectivity index (χ3v) is 3.01. The number of aromatic nitrogens is 3. The van der Waals surface area contributed by atoms with E-state index in [0.29, 0.717) is 34.0 Å². The van der Waals surface area contributed by atoms with Crippen molar-refractivity contribution < 1.29 is 9.47 Å². The number of methoxy groups -OCH3 is 2. The van der Waals surface area contributed by atoms with Crippen molar-refractivity contribution in [2.45, 2.75) is 19.9 Å². The summed E-state index contributed by atoms with van der Waals surface area (Å²) in [5.41, 5.74) is 0.632. The minimum atomic E-state index is 0.245. The summed E-state index contributed by atoms with van der Waals surface area (Å²) in [4.78, 5) is 4.34. The lowest BCUT2D eigenvalue weighted by Gasteiger charge is -2.13. The number of rotatable bonds is 6. The summed E-state index contributed by atoms with van der Waals surface area (Å²) in [6, 6.07) is 3.62. The number of benzene rings is 1. The molecule has 0 spiro atoms. The van der Waals surface area contributed by atoms with E-state index >= 15 is 0 Å². The van der Waals surface area contributed by atoms with Gasteiger partial charge in [0.25, 0.3) is 0 Å². The fraction of sp³-hybridized carbons (Fsp3) is 0.357. The molecule has 7 nitrogen and oxygen atoms in total. The molecule has 0 aliphatic carbocycles. The van der Waals surface area contributed by atoms with Crippen molar-refractivity contribution in [1.29, 1.82) is 0 Å². The SMILES string of the molecule is COc1cc(Nc2nncc(NC(C)C)n2)c(OC)cc1Cl. The van der Waals surface area contributed by atoms with E-state index in [0.717, 1.165) is 0 Å². The molecule has 1 aromatic heterocycles. The Labute approximate surface area is 134 Å². The molecular weight excluding hydrogens is 306 g/mol. The van der Waals surface area contributed by atoms with Crippen molar-refractivity contribution in [2.24, 2.45) is 0 Å². The molecule has 0 aliphatic rings. The number of halogens is 1. The molecule has 0 saturated carbocycles. The van der Waals surface area contributed by atoms with Gasteiger partial charge in [-0.2, -0.15) is 10.1 Å². The largest absolute Gasteiger partial charge is 0.495 e. The summed E-state index contributed by atoms with van der Waals surface area (Å²) in [6.07, 6.45) is 1.56. The van der Waals surface area contributed by atoms with Crippen molar-refractivity contribution in [3.8, 4) is 11.5 Å². The Balaban J connectivity index is 2.30. The Morgan fingerprint density at radius 3 is 2.50 bits per heavy atom. The van der Waals surface area contributed by atoms with Gasteiger partial charge in [-0.3, -0.25) is 0 Å². The molecular formula is C14H18ClN5O2. The Hall–Kier alpha value is -2.28. The van der Waals surface area contributed by atoms with Gasteiger partial charge in [0.1, 0.15) is 11.5 Å². The van der Waals surface area contributed by atoms with E-state index in [2.05, 4.69) is 25.8 Å². The molecule has 8 heteroatoms. The first-order chi connectivity index (χ1) is 10.5. The van der Waals surface area contributed by atoms with Gasteiger partial charge in [0, 0.05) is 18.2 Å². The Morgan fingerprint density at radius 2 is 1.86 bits per heavy atom. The van der Waals surface area contributed by atoms with E-state index < -0.39 is 0 Å². The highest BCUT2D eigenvalue weighted by Crippen LogP contribution is 2.36. The molecule has 0 radical (unpaired) electrons. The molecule has 2 N–H and O–H groups in total. The molecule has 0 aliphatic heterocycles. The zero-order valence-electron chi connectivity index (χ0n) is 12.8. The summed E-state index contributed by atoms with van der Waals surface area (Å²) >= 11 is 6.08. The van der Waals surface area contributed by atoms with Gasteiger partial charge in [0.15, 0.2) is 5.82 Å². The van der Waals surface area contributed by atoms with E-state index in [9.17, 15) is 0 Å². The first-order valence-electron chi connectivity index (χ1n) is 6.68. The first-order valence-corrected chi connectivity index (χ1v) is 7.06. The fourth-order valence-electron chi connectivity index (χ4n) is 1.80. The first kappa shape index (κ1) is 16.1. The van der Waals surface area contributed by atoms with Crippen LogP contribution in [0.1, 0.15) is 13.8 Å². The number of ether oxygens (including phenoxy) is 2. The molecule has 1 heterocycles. The normalized spacial score (nSPS) is 10.5. The highest BCUT2D eigenvalue weighted by atomic mass is 35.5. The molecule has 0 saturated heterocycles. The summed E-state index contributed by atoms with van der Waals surface area (Å²) in [7, 11) is 3.10. The Bertz CT molecular complexity index is 651. The number of nitrogens with one attached hydrogen (secondary N) is 2. The van der Waals surface area contributed by atoms with E-state index in [1.807, 2.05) is 13.8 Å². The fourth-order valence-corrected chi connectivity index (χ4v) is 2.03. The van der Waals surface area contributed by atoms with Crippen LogP contribution in [0.2, 0.25) is 5.02 Å². The predicted octanol–water partition coefficient (Wildman–Crippen LogP) is 3.11. The molecule has 0 amide bonds. The molecule has 0 unspecified atom stereocenters.